The largest absolute Gasteiger partial charge is 0.379 e. The number of hydrogen-bond acceptors (Lipinski definition) is 3. The highest BCUT2D eigenvalue weighted by Gasteiger charge is 2.51. The maximum absolute atomic E-state index is 13.6. The van der Waals surface area contributed by atoms with Crippen LogP contribution >= 0.6 is 0 Å². The zero-order valence-corrected chi connectivity index (χ0v) is 18.7. The number of carbonyl (C=O) groups excluding carboxylic acids is 1. The molecule has 0 atom stereocenters. The molecule has 1 amide bonds. The Morgan fingerprint density at radius 2 is 1.74 bits per heavy atom. The van der Waals surface area contributed by atoms with Crippen LogP contribution in [0.15, 0.2) is 24.4 Å². The van der Waals surface area contributed by atoms with Gasteiger partial charge >= 0.3 is 0 Å². The van der Waals surface area contributed by atoms with Gasteiger partial charge in [0.15, 0.2) is 0 Å². The first-order chi connectivity index (χ1) is 15.1. The molecule has 7 rings (SSSR count). The minimum absolute atomic E-state index is 0.0535. The van der Waals surface area contributed by atoms with Crippen molar-refractivity contribution in [2.75, 3.05) is 32.8 Å². The quantitative estimate of drug-likeness (QED) is 0.794. The van der Waals surface area contributed by atoms with E-state index in [9.17, 15) is 4.79 Å². The summed E-state index contributed by atoms with van der Waals surface area (Å²) < 4.78 is 7.80. The standard InChI is InChI=1S/C26H35N3O2/c1-18-3-2-4-22-23(17-29(24(18)22)6-5-28-7-9-31-10-8-28)25(30)27-26-14-19-11-20(15-26)13-21(12-19)16-26/h2-4,17,19-21H,5-16H2,1H3,(H,27,30). The predicted molar refractivity (Wildman–Crippen MR) is 122 cm³/mol. The molecule has 1 aromatic heterocycles. The molecule has 5 heteroatoms. The SMILES string of the molecule is Cc1cccc2c(C(=O)NC34CC5CC(CC(C5)C3)C4)cn(CCN3CCOCC3)c12. The third-order valence-corrected chi connectivity index (χ3v) is 8.52. The number of carbonyl (C=O) groups is 1. The lowest BCUT2D eigenvalue weighted by atomic mass is 9.53. The van der Waals surface area contributed by atoms with Gasteiger partial charge in [0.1, 0.15) is 0 Å². The van der Waals surface area contributed by atoms with Crippen molar-refractivity contribution in [3.63, 3.8) is 0 Å². The second-order valence-electron chi connectivity index (χ2n) is 10.8. The number of aryl methyl sites for hydroxylation is 1. The number of rotatable bonds is 5. The number of nitrogens with one attached hydrogen (secondary N) is 1. The Morgan fingerprint density at radius 1 is 1.06 bits per heavy atom. The molecule has 4 bridgehead atoms. The molecule has 5 aliphatic rings. The molecule has 4 saturated carbocycles. The van der Waals surface area contributed by atoms with Gasteiger partial charge in [-0.2, -0.15) is 0 Å². The third kappa shape index (κ3) is 3.60. The monoisotopic (exact) mass is 421 g/mol. The molecule has 0 unspecified atom stereocenters. The first kappa shape index (κ1) is 19.8. The van der Waals surface area contributed by atoms with Crippen molar-refractivity contribution < 1.29 is 9.53 Å². The van der Waals surface area contributed by atoms with Crippen LogP contribution in [-0.2, 0) is 11.3 Å². The molecule has 0 spiro atoms. The number of ether oxygens (including phenoxy) is 1. The molecule has 5 nitrogen and oxygen atoms in total. The van der Waals surface area contributed by atoms with Crippen LogP contribution in [0.25, 0.3) is 10.9 Å². The fourth-order valence-corrected chi connectivity index (χ4v) is 7.55. The highest BCUT2D eigenvalue weighted by molar-refractivity contribution is 6.08. The Labute approximate surface area is 185 Å². The molecule has 31 heavy (non-hydrogen) atoms. The van der Waals surface area contributed by atoms with Crippen molar-refractivity contribution in [1.29, 1.82) is 0 Å². The predicted octanol–water partition coefficient (Wildman–Crippen LogP) is 3.98. The van der Waals surface area contributed by atoms with Gasteiger partial charge in [0.25, 0.3) is 5.91 Å². The van der Waals surface area contributed by atoms with Crippen molar-refractivity contribution in [3.8, 4) is 0 Å². The third-order valence-electron chi connectivity index (χ3n) is 8.52. The molecule has 5 fully saturated rings. The van der Waals surface area contributed by atoms with Gasteiger partial charge in [0.2, 0.25) is 0 Å². The zero-order chi connectivity index (χ0) is 21.0. The smallest absolute Gasteiger partial charge is 0.253 e. The van der Waals surface area contributed by atoms with Gasteiger partial charge in [-0.15, -0.1) is 0 Å². The van der Waals surface area contributed by atoms with E-state index in [2.05, 4.69) is 46.1 Å². The number of aromatic nitrogens is 1. The average molecular weight is 422 g/mol. The second kappa shape index (κ2) is 7.63. The number of amides is 1. The van der Waals surface area contributed by atoms with Gasteiger partial charge < -0.3 is 14.6 Å². The van der Waals surface area contributed by atoms with Gasteiger partial charge in [-0.1, -0.05) is 18.2 Å². The minimum atomic E-state index is 0.0535. The molecule has 166 valence electrons. The van der Waals surface area contributed by atoms with Crippen molar-refractivity contribution >= 4 is 16.8 Å². The minimum Gasteiger partial charge on any atom is -0.379 e. The molecule has 0 radical (unpaired) electrons. The number of para-hydroxylation sites is 1. The van der Waals surface area contributed by atoms with Crippen LogP contribution in [0.5, 0.6) is 0 Å². The number of nitrogens with zero attached hydrogens (tertiary/aromatic N) is 2. The van der Waals surface area contributed by atoms with Crippen LogP contribution in [0.4, 0.5) is 0 Å². The average Bonchev–Trinajstić information content (AvgIpc) is 3.12. The Kier molecular flexibility index (Phi) is 4.87. The van der Waals surface area contributed by atoms with E-state index >= 15 is 0 Å². The van der Waals surface area contributed by atoms with Crippen LogP contribution in [0.3, 0.4) is 0 Å². The normalized spacial score (nSPS) is 32.6. The van der Waals surface area contributed by atoms with Gasteiger partial charge in [-0.05, 0) is 68.8 Å². The van der Waals surface area contributed by atoms with E-state index in [1.807, 2.05) is 0 Å². The van der Waals surface area contributed by atoms with Gasteiger partial charge in [0, 0.05) is 43.3 Å². The van der Waals surface area contributed by atoms with E-state index in [-0.39, 0.29) is 11.4 Å². The summed E-state index contributed by atoms with van der Waals surface area (Å²) >= 11 is 0. The van der Waals surface area contributed by atoms with Gasteiger partial charge in [0.05, 0.1) is 24.3 Å². The first-order valence-corrected chi connectivity index (χ1v) is 12.3. The van der Waals surface area contributed by atoms with E-state index in [0.29, 0.717) is 0 Å². The Balaban J connectivity index is 1.26. The van der Waals surface area contributed by atoms with Gasteiger partial charge in [-0.3, -0.25) is 9.69 Å². The summed E-state index contributed by atoms with van der Waals surface area (Å²) in [5.41, 5.74) is 3.37. The maximum Gasteiger partial charge on any atom is 0.253 e. The van der Waals surface area contributed by atoms with E-state index in [1.165, 1.54) is 49.6 Å². The van der Waals surface area contributed by atoms with E-state index in [1.54, 1.807) is 0 Å². The fourth-order valence-electron chi connectivity index (χ4n) is 7.55. The summed E-state index contributed by atoms with van der Waals surface area (Å²) in [5, 5.41) is 4.69. The van der Waals surface area contributed by atoms with Crippen LogP contribution in [-0.4, -0.2) is 53.8 Å². The van der Waals surface area contributed by atoms with E-state index in [4.69, 9.17) is 4.74 Å². The lowest BCUT2D eigenvalue weighted by Crippen LogP contribution is -2.59. The molecule has 1 aliphatic heterocycles. The molecule has 4 aliphatic carbocycles. The summed E-state index contributed by atoms with van der Waals surface area (Å²) in [7, 11) is 0. The summed E-state index contributed by atoms with van der Waals surface area (Å²) in [6, 6.07) is 6.38. The second-order valence-corrected chi connectivity index (χ2v) is 10.8. The van der Waals surface area contributed by atoms with Crippen LogP contribution in [0.2, 0.25) is 0 Å². The summed E-state index contributed by atoms with van der Waals surface area (Å²) in [6.07, 6.45) is 9.89. The molecular formula is C26H35N3O2. The number of hydrogen-bond donors (Lipinski definition) is 1. The lowest BCUT2D eigenvalue weighted by Gasteiger charge is -2.56. The summed E-state index contributed by atoms with van der Waals surface area (Å²) in [5.74, 6) is 2.65. The summed E-state index contributed by atoms with van der Waals surface area (Å²) in [6.45, 7) is 7.71. The van der Waals surface area contributed by atoms with Crippen molar-refractivity contribution in [3.05, 3.63) is 35.5 Å². The molecule has 1 saturated heterocycles. The molecule has 2 aromatic rings. The summed E-state index contributed by atoms with van der Waals surface area (Å²) in [4.78, 5) is 16.1. The molecular weight excluding hydrogens is 386 g/mol. The fraction of sp³-hybridized carbons (Fsp3) is 0.654. The van der Waals surface area contributed by atoms with E-state index < -0.39 is 0 Å². The lowest BCUT2D eigenvalue weighted by molar-refractivity contribution is -0.0166. The van der Waals surface area contributed by atoms with Crippen molar-refractivity contribution in [1.82, 2.24) is 14.8 Å². The maximum atomic E-state index is 13.6. The molecule has 2 heterocycles. The highest BCUT2D eigenvalue weighted by atomic mass is 16.5. The zero-order valence-electron chi connectivity index (χ0n) is 18.7. The first-order valence-electron chi connectivity index (χ1n) is 12.3. The Hall–Kier alpha value is -1.85. The number of benzene rings is 1. The van der Waals surface area contributed by atoms with Gasteiger partial charge in [-0.25, -0.2) is 0 Å². The van der Waals surface area contributed by atoms with Crippen molar-refractivity contribution in [2.45, 2.75) is 57.5 Å². The number of morpholine rings is 1. The Morgan fingerprint density at radius 3 is 2.42 bits per heavy atom. The van der Waals surface area contributed by atoms with Crippen molar-refractivity contribution in [2.24, 2.45) is 17.8 Å². The van der Waals surface area contributed by atoms with Crippen LogP contribution in [0.1, 0.15) is 54.4 Å². The molecule has 1 aromatic carbocycles. The Bertz CT molecular complexity index is 953. The number of fused-ring (bicyclic) bond motifs is 1. The topological polar surface area (TPSA) is 46.5 Å². The van der Waals surface area contributed by atoms with Crippen LogP contribution in [0, 0.1) is 24.7 Å². The molecule has 1 N–H and O–H groups in total. The highest BCUT2D eigenvalue weighted by Crippen LogP contribution is 2.55. The van der Waals surface area contributed by atoms with Crippen LogP contribution < -0.4 is 5.32 Å². The van der Waals surface area contributed by atoms with E-state index in [0.717, 1.165) is 68.1 Å².